The number of nitrogens with one attached hydrogen (secondary N) is 2. The zero-order valence-corrected chi connectivity index (χ0v) is 16.0. The van der Waals surface area contributed by atoms with Crippen LogP contribution in [-0.2, 0) is 4.79 Å². The van der Waals surface area contributed by atoms with Crippen LogP contribution in [0.3, 0.4) is 0 Å². The molecule has 1 fully saturated rings. The third-order valence-electron chi connectivity index (χ3n) is 4.47. The van der Waals surface area contributed by atoms with Gasteiger partial charge in [0.05, 0.1) is 27.4 Å². The summed E-state index contributed by atoms with van der Waals surface area (Å²) in [5, 5.41) is 5.58. The van der Waals surface area contributed by atoms with Crippen molar-refractivity contribution >= 4 is 23.3 Å². The van der Waals surface area contributed by atoms with Crippen LogP contribution >= 0.6 is 0 Å². The molecule has 0 bridgehead atoms. The molecule has 148 valence electrons. The van der Waals surface area contributed by atoms with Crippen LogP contribution in [0.15, 0.2) is 42.5 Å². The molecule has 2 aromatic carbocycles. The standard InChI is InChI=1S/C20H23N3O5/c1-26-16-6-4-5-15(11-16)23-12-14(10-19(23)24)22-20(25)21-13-7-8-17(27-2)18(9-13)28-3/h4-9,11,14H,10,12H2,1-3H3,(H2,21,22,25). The first-order valence-electron chi connectivity index (χ1n) is 8.78. The van der Waals surface area contributed by atoms with E-state index in [2.05, 4.69) is 10.6 Å². The van der Waals surface area contributed by atoms with Crippen molar-refractivity contribution < 1.29 is 23.8 Å². The Bertz CT molecular complexity index is 871. The number of methoxy groups -OCH3 is 3. The van der Waals surface area contributed by atoms with Gasteiger partial charge in [-0.25, -0.2) is 4.79 Å². The van der Waals surface area contributed by atoms with E-state index in [0.717, 1.165) is 5.69 Å². The summed E-state index contributed by atoms with van der Waals surface area (Å²) in [6, 6.07) is 11.7. The van der Waals surface area contributed by atoms with Crippen molar-refractivity contribution in [3.05, 3.63) is 42.5 Å². The van der Waals surface area contributed by atoms with Crippen molar-refractivity contribution in [1.82, 2.24) is 5.32 Å². The Morgan fingerprint density at radius 1 is 1.04 bits per heavy atom. The van der Waals surface area contributed by atoms with E-state index in [1.165, 1.54) is 7.11 Å². The van der Waals surface area contributed by atoms with Crippen LogP contribution in [0.2, 0.25) is 0 Å². The number of hydrogen-bond acceptors (Lipinski definition) is 5. The quantitative estimate of drug-likeness (QED) is 0.798. The van der Waals surface area contributed by atoms with Crippen LogP contribution < -0.4 is 29.7 Å². The molecule has 1 aliphatic heterocycles. The molecular formula is C20H23N3O5. The molecule has 8 heteroatoms. The molecule has 0 aromatic heterocycles. The Labute approximate surface area is 163 Å². The highest BCUT2D eigenvalue weighted by atomic mass is 16.5. The van der Waals surface area contributed by atoms with Crippen LogP contribution in [0.25, 0.3) is 0 Å². The van der Waals surface area contributed by atoms with Gasteiger partial charge < -0.3 is 29.7 Å². The lowest BCUT2D eigenvalue weighted by molar-refractivity contribution is -0.117. The number of benzene rings is 2. The summed E-state index contributed by atoms with van der Waals surface area (Å²) in [5.74, 6) is 1.71. The average Bonchev–Trinajstić information content (AvgIpc) is 3.07. The highest BCUT2D eigenvalue weighted by molar-refractivity contribution is 5.97. The molecular weight excluding hydrogens is 362 g/mol. The van der Waals surface area contributed by atoms with E-state index in [9.17, 15) is 9.59 Å². The van der Waals surface area contributed by atoms with Gasteiger partial charge in [-0.3, -0.25) is 4.79 Å². The zero-order valence-electron chi connectivity index (χ0n) is 16.0. The van der Waals surface area contributed by atoms with Gasteiger partial charge in [0.15, 0.2) is 11.5 Å². The first kappa shape index (κ1) is 19.3. The smallest absolute Gasteiger partial charge is 0.319 e. The molecule has 3 rings (SSSR count). The van der Waals surface area contributed by atoms with Crippen LogP contribution in [0, 0.1) is 0 Å². The first-order chi connectivity index (χ1) is 13.5. The molecule has 1 unspecified atom stereocenters. The largest absolute Gasteiger partial charge is 0.497 e. The topological polar surface area (TPSA) is 89.1 Å². The minimum atomic E-state index is -0.391. The van der Waals surface area contributed by atoms with E-state index in [1.807, 2.05) is 18.2 Å². The molecule has 1 saturated heterocycles. The van der Waals surface area contributed by atoms with Crippen molar-refractivity contribution in [2.45, 2.75) is 12.5 Å². The second-order valence-electron chi connectivity index (χ2n) is 6.28. The van der Waals surface area contributed by atoms with Crippen LogP contribution in [0.5, 0.6) is 17.2 Å². The Balaban J connectivity index is 1.61. The monoisotopic (exact) mass is 385 g/mol. The average molecular weight is 385 g/mol. The predicted octanol–water partition coefficient (Wildman–Crippen LogP) is 2.64. The van der Waals surface area contributed by atoms with E-state index in [0.29, 0.717) is 29.5 Å². The van der Waals surface area contributed by atoms with Gasteiger partial charge in [-0.05, 0) is 24.3 Å². The van der Waals surface area contributed by atoms with Crippen LogP contribution in [0.1, 0.15) is 6.42 Å². The second-order valence-corrected chi connectivity index (χ2v) is 6.28. The lowest BCUT2D eigenvalue weighted by atomic mass is 10.2. The maximum atomic E-state index is 12.4. The predicted molar refractivity (Wildman–Crippen MR) is 105 cm³/mol. The zero-order chi connectivity index (χ0) is 20.1. The third-order valence-corrected chi connectivity index (χ3v) is 4.47. The summed E-state index contributed by atoms with van der Waals surface area (Å²) in [4.78, 5) is 26.3. The lowest BCUT2D eigenvalue weighted by Gasteiger charge is -2.18. The summed E-state index contributed by atoms with van der Waals surface area (Å²) >= 11 is 0. The number of urea groups is 1. The number of hydrogen-bond donors (Lipinski definition) is 2. The maximum absolute atomic E-state index is 12.4. The lowest BCUT2D eigenvalue weighted by Crippen LogP contribution is -2.39. The summed E-state index contributed by atoms with van der Waals surface area (Å²) < 4.78 is 15.6. The third kappa shape index (κ3) is 4.28. The molecule has 8 nitrogen and oxygen atoms in total. The van der Waals surface area contributed by atoms with Crippen molar-refractivity contribution in [2.75, 3.05) is 38.1 Å². The van der Waals surface area contributed by atoms with Crippen molar-refractivity contribution in [2.24, 2.45) is 0 Å². The fraction of sp³-hybridized carbons (Fsp3) is 0.300. The van der Waals surface area contributed by atoms with E-state index >= 15 is 0 Å². The van der Waals surface area contributed by atoms with Gasteiger partial charge in [-0.15, -0.1) is 0 Å². The molecule has 0 aliphatic carbocycles. The van der Waals surface area contributed by atoms with Gasteiger partial charge >= 0.3 is 6.03 Å². The Morgan fingerprint density at radius 2 is 1.82 bits per heavy atom. The number of nitrogens with zero attached hydrogens (tertiary/aromatic N) is 1. The SMILES string of the molecule is COc1cccc(N2CC(NC(=O)Nc3ccc(OC)c(OC)c3)CC2=O)c1. The molecule has 1 atom stereocenters. The Kier molecular flexibility index (Phi) is 5.88. The molecule has 1 heterocycles. The fourth-order valence-corrected chi connectivity index (χ4v) is 3.10. The van der Waals surface area contributed by atoms with Gasteiger partial charge in [-0.2, -0.15) is 0 Å². The van der Waals surface area contributed by atoms with Gasteiger partial charge in [-0.1, -0.05) is 6.07 Å². The van der Waals surface area contributed by atoms with Gasteiger partial charge in [0, 0.05) is 36.5 Å². The highest BCUT2D eigenvalue weighted by Crippen LogP contribution is 2.30. The summed E-state index contributed by atoms with van der Waals surface area (Å²) in [5.41, 5.74) is 1.30. The molecule has 0 radical (unpaired) electrons. The number of amides is 3. The summed E-state index contributed by atoms with van der Waals surface area (Å²) in [6.45, 7) is 0.394. The molecule has 2 aromatic rings. The van der Waals surface area contributed by atoms with Gasteiger partial charge in [0.2, 0.25) is 5.91 Å². The second kappa shape index (κ2) is 8.51. The first-order valence-corrected chi connectivity index (χ1v) is 8.78. The summed E-state index contributed by atoms with van der Waals surface area (Å²) in [7, 11) is 4.65. The highest BCUT2D eigenvalue weighted by Gasteiger charge is 2.31. The Hall–Kier alpha value is -3.42. The molecule has 3 amide bonds. The minimum Gasteiger partial charge on any atom is -0.497 e. The van der Waals surface area contributed by atoms with E-state index < -0.39 is 6.03 Å². The number of carbonyl (C=O) groups excluding carboxylic acids is 2. The van der Waals surface area contributed by atoms with Crippen molar-refractivity contribution in [3.63, 3.8) is 0 Å². The minimum absolute atomic E-state index is 0.0512. The number of anilines is 2. The fourth-order valence-electron chi connectivity index (χ4n) is 3.10. The summed E-state index contributed by atoms with van der Waals surface area (Å²) in [6.07, 6.45) is 0.233. The molecule has 1 aliphatic rings. The normalized spacial score (nSPS) is 15.9. The molecule has 2 N–H and O–H groups in total. The Morgan fingerprint density at radius 3 is 2.54 bits per heavy atom. The molecule has 0 saturated carbocycles. The van der Waals surface area contributed by atoms with Crippen LogP contribution in [-0.4, -0.2) is 45.9 Å². The van der Waals surface area contributed by atoms with Crippen LogP contribution in [0.4, 0.5) is 16.2 Å². The van der Waals surface area contributed by atoms with Crippen molar-refractivity contribution in [1.29, 1.82) is 0 Å². The number of rotatable bonds is 6. The maximum Gasteiger partial charge on any atom is 0.319 e. The molecule has 0 spiro atoms. The van der Waals surface area contributed by atoms with Gasteiger partial charge in [0.1, 0.15) is 5.75 Å². The number of ether oxygens (including phenoxy) is 3. The van der Waals surface area contributed by atoms with E-state index in [1.54, 1.807) is 43.4 Å². The van der Waals surface area contributed by atoms with E-state index in [4.69, 9.17) is 14.2 Å². The van der Waals surface area contributed by atoms with Gasteiger partial charge in [0.25, 0.3) is 0 Å². The number of carbonyl (C=O) groups is 2. The van der Waals surface area contributed by atoms with Crippen molar-refractivity contribution in [3.8, 4) is 17.2 Å². The van der Waals surface area contributed by atoms with E-state index in [-0.39, 0.29) is 18.4 Å². The molecule has 28 heavy (non-hydrogen) atoms.